The van der Waals surface area contributed by atoms with Crippen molar-refractivity contribution >= 4 is 34.9 Å². The van der Waals surface area contributed by atoms with Crippen LogP contribution in [0.4, 0.5) is 42.1 Å². The number of nitrogens with zero attached hydrogens (tertiary/aromatic N) is 2. The molecular formula is C24H24ClF7N4O3. The molecule has 1 fully saturated rings. The summed E-state index contributed by atoms with van der Waals surface area (Å²) in [6.45, 7) is 0.600. The van der Waals surface area contributed by atoms with E-state index in [4.69, 9.17) is 11.6 Å². The quantitative estimate of drug-likeness (QED) is 0.289. The standard InChI is InChI=1S/C17H18F4N2O3.C7H6ClF3N2/c1-26-16(25)13-9-12(23-8-2-3-11(18)10-23)4-5-14(13)22-15(24)6-7-17(19,20)21;8-4-5(3-1-2-3)12-13-6(4)7(9,10)11/h3-5,9H,2,6-8,10H2,1H3,(H,22,24);3H,1-2H2,(H,12,13). The number of nitrogens with one attached hydrogen (secondary N) is 2. The molecule has 0 spiro atoms. The third-order valence-corrected chi connectivity index (χ3v) is 6.16. The molecule has 2 heterocycles. The normalized spacial score (nSPS) is 15.7. The first kappa shape index (κ1) is 30.3. The number of aromatic nitrogens is 2. The average molecular weight is 585 g/mol. The van der Waals surface area contributed by atoms with Gasteiger partial charge >= 0.3 is 18.3 Å². The number of esters is 1. The Balaban J connectivity index is 0.000000268. The molecule has 0 unspecified atom stereocenters. The number of hydrogen-bond acceptors (Lipinski definition) is 5. The first-order valence-corrected chi connectivity index (χ1v) is 12.1. The van der Waals surface area contributed by atoms with Gasteiger partial charge in [0.1, 0.15) is 5.83 Å². The monoisotopic (exact) mass is 584 g/mol. The third-order valence-electron chi connectivity index (χ3n) is 5.78. The first-order chi connectivity index (χ1) is 18.2. The van der Waals surface area contributed by atoms with E-state index in [0.717, 1.165) is 20.0 Å². The fraction of sp³-hybridized carbons (Fsp3) is 0.458. The largest absolute Gasteiger partial charge is 0.465 e. The summed E-state index contributed by atoms with van der Waals surface area (Å²) in [5.74, 6) is -1.77. The van der Waals surface area contributed by atoms with E-state index in [-0.39, 0.29) is 34.6 Å². The maximum Gasteiger partial charge on any atom is 0.436 e. The van der Waals surface area contributed by atoms with Gasteiger partial charge in [0.2, 0.25) is 5.91 Å². The molecule has 1 aromatic heterocycles. The number of ether oxygens (including phenoxy) is 1. The minimum absolute atomic E-state index is 0.0136. The van der Waals surface area contributed by atoms with Gasteiger partial charge in [-0.05, 0) is 43.5 Å². The molecule has 0 bridgehead atoms. The second kappa shape index (κ2) is 12.3. The molecule has 1 aromatic carbocycles. The molecule has 2 aromatic rings. The molecule has 0 saturated heterocycles. The van der Waals surface area contributed by atoms with Crippen molar-refractivity contribution in [3.05, 3.63) is 52.1 Å². The molecule has 0 radical (unpaired) electrons. The lowest BCUT2D eigenvalue weighted by atomic mass is 10.1. The number of anilines is 2. The second-order valence-corrected chi connectivity index (χ2v) is 9.20. The minimum Gasteiger partial charge on any atom is -0.465 e. The molecule has 15 heteroatoms. The van der Waals surface area contributed by atoms with Crippen molar-refractivity contribution in [1.29, 1.82) is 0 Å². The van der Waals surface area contributed by atoms with E-state index in [0.29, 0.717) is 24.3 Å². The van der Waals surface area contributed by atoms with Gasteiger partial charge < -0.3 is 15.0 Å². The van der Waals surface area contributed by atoms with Crippen LogP contribution in [0.15, 0.2) is 30.1 Å². The summed E-state index contributed by atoms with van der Waals surface area (Å²) in [5.41, 5.74) is -0.00637. The molecule has 39 heavy (non-hydrogen) atoms. The zero-order chi connectivity index (χ0) is 29.0. The summed E-state index contributed by atoms with van der Waals surface area (Å²) in [7, 11) is 1.15. The van der Waals surface area contributed by atoms with E-state index in [2.05, 4.69) is 20.3 Å². The van der Waals surface area contributed by atoms with Crippen LogP contribution < -0.4 is 10.2 Å². The van der Waals surface area contributed by atoms with Crippen molar-refractivity contribution in [2.75, 3.05) is 30.4 Å². The second-order valence-electron chi connectivity index (χ2n) is 8.82. The lowest BCUT2D eigenvalue weighted by Gasteiger charge is -2.27. The van der Waals surface area contributed by atoms with Crippen molar-refractivity contribution in [2.24, 2.45) is 0 Å². The van der Waals surface area contributed by atoms with Gasteiger partial charge in [-0.2, -0.15) is 31.4 Å². The van der Waals surface area contributed by atoms with Gasteiger partial charge in [-0.1, -0.05) is 11.6 Å². The predicted molar refractivity (Wildman–Crippen MR) is 128 cm³/mol. The number of amides is 1. The molecule has 1 saturated carbocycles. The Kier molecular flexibility index (Phi) is 9.51. The Hall–Kier alpha value is -3.29. The molecule has 1 aliphatic carbocycles. The van der Waals surface area contributed by atoms with Crippen LogP contribution in [-0.2, 0) is 15.7 Å². The number of hydrogen-bond donors (Lipinski definition) is 2. The number of H-pyrrole nitrogens is 1. The number of aromatic amines is 1. The third kappa shape index (κ3) is 8.60. The summed E-state index contributed by atoms with van der Waals surface area (Å²) in [6.07, 6.45) is -7.16. The Morgan fingerprint density at radius 1 is 1.21 bits per heavy atom. The summed E-state index contributed by atoms with van der Waals surface area (Å²) < 4.78 is 91.3. The maximum atomic E-state index is 13.5. The Bertz CT molecular complexity index is 1220. The van der Waals surface area contributed by atoms with Gasteiger partial charge in [0, 0.05) is 24.6 Å². The molecule has 2 aliphatic rings. The summed E-state index contributed by atoms with van der Waals surface area (Å²) >= 11 is 5.53. The van der Waals surface area contributed by atoms with Crippen LogP contribution in [0.2, 0.25) is 5.02 Å². The topological polar surface area (TPSA) is 87.3 Å². The van der Waals surface area contributed by atoms with Crippen molar-refractivity contribution in [2.45, 2.75) is 50.4 Å². The van der Waals surface area contributed by atoms with Crippen LogP contribution in [-0.4, -0.2) is 48.4 Å². The fourth-order valence-electron chi connectivity index (χ4n) is 3.68. The summed E-state index contributed by atoms with van der Waals surface area (Å²) in [4.78, 5) is 25.4. The van der Waals surface area contributed by atoms with Crippen LogP contribution in [0.25, 0.3) is 0 Å². The van der Waals surface area contributed by atoms with Crippen LogP contribution in [0.3, 0.4) is 0 Å². The number of alkyl halides is 6. The van der Waals surface area contributed by atoms with E-state index in [1.54, 1.807) is 11.0 Å². The van der Waals surface area contributed by atoms with Crippen LogP contribution in [0, 0.1) is 0 Å². The molecule has 214 valence electrons. The lowest BCUT2D eigenvalue weighted by Crippen LogP contribution is -2.29. The van der Waals surface area contributed by atoms with Crippen molar-refractivity contribution in [3.63, 3.8) is 0 Å². The van der Waals surface area contributed by atoms with Crippen LogP contribution in [0.1, 0.15) is 59.8 Å². The van der Waals surface area contributed by atoms with Crippen molar-refractivity contribution in [3.8, 4) is 0 Å². The van der Waals surface area contributed by atoms with Crippen molar-refractivity contribution < 1.29 is 45.1 Å². The van der Waals surface area contributed by atoms with E-state index in [1.807, 2.05) is 0 Å². The molecule has 0 atom stereocenters. The predicted octanol–water partition coefficient (Wildman–Crippen LogP) is 6.78. The zero-order valence-corrected chi connectivity index (χ0v) is 21.2. The molecule has 2 N–H and O–H groups in total. The van der Waals surface area contributed by atoms with E-state index in [9.17, 15) is 40.3 Å². The highest BCUT2D eigenvalue weighted by molar-refractivity contribution is 6.32. The van der Waals surface area contributed by atoms with Gasteiger partial charge in [0.25, 0.3) is 0 Å². The maximum absolute atomic E-state index is 13.5. The number of rotatable bonds is 6. The molecule has 4 rings (SSSR count). The van der Waals surface area contributed by atoms with Gasteiger partial charge in [0.05, 0.1) is 42.0 Å². The number of benzene rings is 1. The number of carbonyl (C=O) groups excluding carboxylic acids is 2. The average Bonchev–Trinajstić information content (AvgIpc) is 3.62. The summed E-state index contributed by atoms with van der Waals surface area (Å²) in [5, 5.41) is 7.53. The number of carbonyl (C=O) groups is 2. The highest BCUT2D eigenvalue weighted by Crippen LogP contribution is 2.45. The molecule has 1 aliphatic heterocycles. The van der Waals surface area contributed by atoms with Crippen LogP contribution >= 0.6 is 11.6 Å². The number of halogens is 8. The smallest absolute Gasteiger partial charge is 0.436 e. The zero-order valence-electron chi connectivity index (χ0n) is 20.5. The van der Waals surface area contributed by atoms with Crippen LogP contribution in [0.5, 0.6) is 0 Å². The van der Waals surface area contributed by atoms with Gasteiger partial charge in [-0.15, -0.1) is 0 Å². The van der Waals surface area contributed by atoms with E-state index in [1.165, 1.54) is 18.2 Å². The van der Waals surface area contributed by atoms with E-state index < -0.39 is 42.8 Å². The SMILES string of the molecule is COC(=O)c1cc(N2CCC=C(F)C2)ccc1NC(=O)CCC(F)(F)F.FC(F)(F)c1n[nH]c(C2CC2)c1Cl. The van der Waals surface area contributed by atoms with Gasteiger partial charge in [-0.25, -0.2) is 9.18 Å². The Labute approximate surface area is 223 Å². The Morgan fingerprint density at radius 3 is 2.44 bits per heavy atom. The molecular weight excluding hydrogens is 561 g/mol. The minimum atomic E-state index is -4.46. The number of methoxy groups -OCH3 is 1. The molecule has 1 amide bonds. The first-order valence-electron chi connectivity index (χ1n) is 11.7. The highest BCUT2D eigenvalue weighted by Gasteiger charge is 2.40. The molecule has 7 nitrogen and oxygen atoms in total. The van der Waals surface area contributed by atoms with E-state index >= 15 is 0 Å². The van der Waals surface area contributed by atoms with Crippen molar-refractivity contribution in [1.82, 2.24) is 10.2 Å². The van der Waals surface area contributed by atoms with Gasteiger partial charge in [-0.3, -0.25) is 9.89 Å². The summed E-state index contributed by atoms with van der Waals surface area (Å²) in [6, 6.07) is 4.37. The lowest BCUT2D eigenvalue weighted by molar-refractivity contribution is -0.142. The van der Waals surface area contributed by atoms with Gasteiger partial charge in [0.15, 0.2) is 5.69 Å². The fourth-order valence-corrected chi connectivity index (χ4v) is 4.03. The Morgan fingerprint density at radius 2 is 1.90 bits per heavy atom. The highest BCUT2D eigenvalue weighted by atomic mass is 35.5.